The summed E-state index contributed by atoms with van der Waals surface area (Å²) in [4.78, 5) is 12.4. The number of aromatic hydroxyl groups is 1. The molecule has 0 radical (unpaired) electrons. The van der Waals surface area contributed by atoms with Crippen molar-refractivity contribution in [3.63, 3.8) is 0 Å². The van der Waals surface area contributed by atoms with E-state index in [1.165, 1.54) is 23.8 Å². The van der Waals surface area contributed by atoms with Gasteiger partial charge in [-0.1, -0.05) is 23.7 Å². The molecule has 1 heterocycles. The van der Waals surface area contributed by atoms with Gasteiger partial charge in [0.2, 0.25) is 0 Å². The second-order valence-corrected chi connectivity index (χ2v) is 5.40. The molecule has 3 rings (SSSR count). The lowest BCUT2D eigenvalue weighted by molar-refractivity contribution is 0.102. The number of amides is 1. The number of phenolic OH excluding ortho intramolecular Hbond substituents is 1. The van der Waals surface area contributed by atoms with Gasteiger partial charge >= 0.3 is 0 Å². The van der Waals surface area contributed by atoms with Crippen molar-refractivity contribution in [2.45, 2.75) is 13.0 Å². The average Bonchev–Trinajstić information content (AvgIpc) is 2.50. The third-order valence-corrected chi connectivity index (χ3v) is 3.91. The standard InChI is InChI=1S/C16H15ClN2O2/c17-14-5-4-11(20)8-13(14)16(21)19-15-3-1-2-10-9-18-7-6-12(10)15/h1-5,8,18,20H,6-7,9H2,(H,19,21). The Morgan fingerprint density at radius 2 is 2.14 bits per heavy atom. The summed E-state index contributed by atoms with van der Waals surface area (Å²) in [5, 5.41) is 16.0. The Labute approximate surface area is 127 Å². The van der Waals surface area contributed by atoms with Crippen LogP contribution < -0.4 is 10.6 Å². The van der Waals surface area contributed by atoms with Gasteiger partial charge in [-0.15, -0.1) is 0 Å². The van der Waals surface area contributed by atoms with Gasteiger partial charge in [-0.2, -0.15) is 0 Å². The van der Waals surface area contributed by atoms with E-state index in [0.717, 1.165) is 30.8 Å². The number of rotatable bonds is 2. The number of carbonyl (C=O) groups is 1. The van der Waals surface area contributed by atoms with Gasteiger partial charge < -0.3 is 15.7 Å². The minimum absolute atomic E-state index is 0.0174. The van der Waals surface area contributed by atoms with Crippen LogP contribution in [0.3, 0.4) is 0 Å². The van der Waals surface area contributed by atoms with Crippen molar-refractivity contribution in [1.29, 1.82) is 0 Å². The van der Waals surface area contributed by atoms with Crippen LogP contribution in [0.1, 0.15) is 21.5 Å². The summed E-state index contributed by atoms with van der Waals surface area (Å²) in [6.07, 6.45) is 0.875. The number of anilines is 1. The highest BCUT2D eigenvalue weighted by molar-refractivity contribution is 6.34. The van der Waals surface area contributed by atoms with Crippen molar-refractivity contribution in [2.24, 2.45) is 0 Å². The molecule has 0 aromatic heterocycles. The molecule has 0 spiro atoms. The topological polar surface area (TPSA) is 61.4 Å². The maximum Gasteiger partial charge on any atom is 0.257 e. The molecule has 1 amide bonds. The minimum Gasteiger partial charge on any atom is -0.508 e. The zero-order valence-corrected chi connectivity index (χ0v) is 12.1. The Balaban J connectivity index is 1.90. The van der Waals surface area contributed by atoms with Gasteiger partial charge in [-0.05, 0) is 48.4 Å². The van der Waals surface area contributed by atoms with Gasteiger partial charge in [0.05, 0.1) is 10.6 Å². The molecule has 0 bridgehead atoms. The molecule has 0 fully saturated rings. The van der Waals surface area contributed by atoms with Crippen LogP contribution in [0, 0.1) is 0 Å². The van der Waals surface area contributed by atoms with E-state index < -0.39 is 0 Å². The summed E-state index contributed by atoms with van der Waals surface area (Å²) in [5.74, 6) is -0.299. The highest BCUT2D eigenvalue weighted by Gasteiger charge is 2.16. The van der Waals surface area contributed by atoms with Crippen molar-refractivity contribution >= 4 is 23.2 Å². The van der Waals surface area contributed by atoms with Gasteiger partial charge in [-0.25, -0.2) is 0 Å². The summed E-state index contributed by atoms with van der Waals surface area (Å²) in [7, 11) is 0. The monoisotopic (exact) mass is 302 g/mol. The van der Waals surface area contributed by atoms with Crippen molar-refractivity contribution in [3.05, 3.63) is 58.1 Å². The average molecular weight is 303 g/mol. The lowest BCUT2D eigenvalue weighted by atomic mass is 9.99. The first-order chi connectivity index (χ1) is 10.1. The van der Waals surface area contributed by atoms with E-state index in [2.05, 4.69) is 16.7 Å². The van der Waals surface area contributed by atoms with E-state index >= 15 is 0 Å². The molecule has 0 aliphatic carbocycles. The first-order valence-corrected chi connectivity index (χ1v) is 7.14. The third-order valence-electron chi connectivity index (χ3n) is 3.58. The molecule has 0 atom stereocenters. The van der Waals surface area contributed by atoms with Crippen molar-refractivity contribution in [1.82, 2.24) is 5.32 Å². The van der Waals surface area contributed by atoms with Gasteiger partial charge in [-0.3, -0.25) is 4.79 Å². The lowest BCUT2D eigenvalue weighted by Crippen LogP contribution is -2.25. The largest absolute Gasteiger partial charge is 0.508 e. The molecular weight excluding hydrogens is 288 g/mol. The SMILES string of the molecule is O=C(Nc1cccc2c1CCNC2)c1cc(O)ccc1Cl. The molecule has 2 aromatic carbocycles. The van der Waals surface area contributed by atoms with Crippen LogP contribution in [0.5, 0.6) is 5.75 Å². The van der Waals surface area contributed by atoms with Gasteiger partial charge in [0.25, 0.3) is 5.91 Å². The number of phenols is 1. The molecule has 3 N–H and O–H groups in total. The van der Waals surface area contributed by atoms with Gasteiger partial charge in [0, 0.05) is 12.2 Å². The first-order valence-electron chi connectivity index (χ1n) is 6.76. The molecule has 0 saturated heterocycles. The molecule has 5 heteroatoms. The summed E-state index contributed by atoms with van der Waals surface area (Å²) in [5.41, 5.74) is 3.42. The number of nitrogens with one attached hydrogen (secondary N) is 2. The molecule has 108 valence electrons. The molecule has 2 aromatic rings. The number of carbonyl (C=O) groups excluding carboxylic acids is 1. The zero-order valence-electron chi connectivity index (χ0n) is 11.3. The Morgan fingerprint density at radius 1 is 1.29 bits per heavy atom. The van der Waals surface area contributed by atoms with Crippen LogP contribution in [-0.4, -0.2) is 17.6 Å². The van der Waals surface area contributed by atoms with Crippen LogP contribution in [0.4, 0.5) is 5.69 Å². The predicted molar refractivity (Wildman–Crippen MR) is 82.9 cm³/mol. The maximum absolute atomic E-state index is 12.4. The van der Waals surface area contributed by atoms with E-state index in [4.69, 9.17) is 11.6 Å². The zero-order chi connectivity index (χ0) is 14.8. The highest BCUT2D eigenvalue weighted by atomic mass is 35.5. The molecule has 4 nitrogen and oxygen atoms in total. The Bertz CT molecular complexity index is 701. The van der Waals surface area contributed by atoms with E-state index in [1.54, 1.807) is 0 Å². The Hall–Kier alpha value is -2.04. The normalized spacial score (nSPS) is 13.6. The molecule has 21 heavy (non-hydrogen) atoms. The molecular formula is C16H15ClN2O2. The summed E-state index contributed by atoms with van der Waals surface area (Å²) in [6.45, 7) is 1.71. The van der Waals surface area contributed by atoms with Gasteiger partial charge in [0.15, 0.2) is 0 Å². The minimum atomic E-state index is -0.317. The maximum atomic E-state index is 12.4. The predicted octanol–water partition coefficient (Wildman–Crippen LogP) is 2.94. The lowest BCUT2D eigenvalue weighted by Gasteiger charge is -2.20. The number of hydrogen-bond donors (Lipinski definition) is 3. The number of fused-ring (bicyclic) bond motifs is 1. The fourth-order valence-corrected chi connectivity index (χ4v) is 2.73. The first kappa shape index (κ1) is 13.9. The van der Waals surface area contributed by atoms with Crippen LogP contribution in [0.25, 0.3) is 0 Å². The quantitative estimate of drug-likeness (QED) is 0.799. The van der Waals surface area contributed by atoms with Crippen molar-refractivity contribution < 1.29 is 9.90 Å². The second-order valence-electron chi connectivity index (χ2n) is 4.99. The molecule has 1 aliphatic rings. The smallest absolute Gasteiger partial charge is 0.257 e. The number of hydrogen-bond acceptors (Lipinski definition) is 3. The highest BCUT2D eigenvalue weighted by Crippen LogP contribution is 2.26. The summed E-state index contributed by atoms with van der Waals surface area (Å²) < 4.78 is 0. The van der Waals surface area contributed by atoms with Crippen LogP contribution in [-0.2, 0) is 13.0 Å². The van der Waals surface area contributed by atoms with Crippen LogP contribution in [0.15, 0.2) is 36.4 Å². The Kier molecular flexibility index (Phi) is 3.82. The fraction of sp³-hybridized carbons (Fsp3) is 0.188. The van der Waals surface area contributed by atoms with Crippen LogP contribution >= 0.6 is 11.6 Å². The number of benzene rings is 2. The van der Waals surface area contributed by atoms with Crippen molar-refractivity contribution in [2.75, 3.05) is 11.9 Å². The second kappa shape index (κ2) is 5.76. The summed E-state index contributed by atoms with van der Waals surface area (Å²) >= 11 is 6.02. The fourth-order valence-electron chi connectivity index (χ4n) is 2.53. The molecule has 1 aliphatic heterocycles. The molecule has 0 unspecified atom stereocenters. The van der Waals surface area contributed by atoms with Crippen LogP contribution in [0.2, 0.25) is 5.02 Å². The summed E-state index contributed by atoms with van der Waals surface area (Å²) in [6, 6.07) is 10.2. The van der Waals surface area contributed by atoms with E-state index in [1.807, 2.05) is 12.1 Å². The van der Waals surface area contributed by atoms with Crippen molar-refractivity contribution in [3.8, 4) is 5.75 Å². The van der Waals surface area contributed by atoms with E-state index in [-0.39, 0.29) is 17.2 Å². The van der Waals surface area contributed by atoms with E-state index in [9.17, 15) is 9.90 Å². The third kappa shape index (κ3) is 2.86. The van der Waals surface area contributed by atoms with Gasteiger partial charge in [0.1, 0.15) is 5.75 Å². The van der Waals surface area contributed by atoms with E-state index in [0.29, 0.717) is 5.02 Å². The number of halogens is 1. The molecule has 0 saturated carbocycles. The Morgan fingerprint density at radius 3 is 3.00 bits per heavy atom.